The van der Waals surface area contributed by atoms with E-state index in [1.165, 1.54) is 0 Å². The van der Waals surface area contributed by atoms with Crippen molar-refractivity contribution in [2.24, 2.45) is 0 Å². The minimum absolute atomic E-state index is 0.153. The van der Waals surface area contributed by atoms with E-state index in [2.05, 4.69) is 5.32 Å². The second-order valence-corrected chi connectivity index (χ2v) is 5.72. The first-order valence-corrected chi connectivity index (χ1v) is 7.14. The second-order valence-electron chi connectivity index (χ2n) is 4.15. The van der Waals surface area contributed by atoms with Crippen LogP contribution in [0.5, 0.6) is 0 Å². The normalized spacial score (nSPS) is 30.4. The zero-order chi connectivity index (χ0) is 12.9. The van der Waals surface area contributed by atoms with E-state index in [0.29, 0.717) is 19.4 Å². The summed E-state index contributed by atoms with van der Waals surface area (Å²) in [4.78, 5) is 0. The molecule has 0 aromatic heterocycles. The molecule has 0 radical (unpaired) electrons. The molecule has 4 N–H and O–H groups in total. The third kappa shape index (κ3) is 6.29. The molecule has 0 saturated carbocycles. The predicted molar refractivity (Wildman–Crippen MR) is 60.0 cm³/mol. The minimum atomic E-state index is -3.92. The number of rotatable bonds is 6. The van der Waals surface area contributed by atoms with Gasteiger partial charge in [0.15, 0.2) is 0 Å². The minimum Gasteiger partial charge on any atom is -0.394 e. The Bertz CT molecular complexity index is 319. The Kier molecular flexibility index (Phi) is 5.77. The van der Waals surface area contributed by atoms with Crippen LogP contribution in [0, 0.1) is 0 Å². The van der Waals surface area contributed by atoms with Gasteiger partial charge in [0, 0.05) is 12.8 Å². The third-order valence-corrected chi connectivity index (χ3v) is 3.34. The number of ether oxygens (including phenoxy) is 1. The van der Waals surface area contributed by atoms with Gasteiger partial charge >= 0.3 is 0 Å². The molecule has 1 fully saturated rings. The van der Waals surface area contributed by atoms with E-state index in [1.54, 1.807) is 0 Å². The van der Waals surface area contributed by atoms with Crippen molar-refractivity contribution in [1.82, 2.24) is 5.32 Å². The molecule has 8 heteroatoms. The van der Waals surface area contributed by atoms with Crippen LogP contribution in [0.2, 0.25) is 0 Å². The molecular weight excluding hydrogens is 250 g/mol. The summed E-state index contributed by atoms with van der Waals surface area (Å²) in [7, 11) is -3.92. The molecule has 1 saturated heterocycles. The predicted octanol–water partition coefficient (Wildman–Crippen LogP) is -1.29. The lowest BCUT2D eigenvalue weighted by Gasteiger charge is -2.32. The highest BCUT2D eigenvalue weighted by Crippen LogP contribution is 2.17. The first-order chi connectivity index (χ1) is 7.90. The number of hydrogen-bond donors (Lipinski definition) is 4. The van der Waals surface area contributed by atoms with Gasteiger partial charge < -0.3 is 14.9 Å². The van der Waals surface area contributed by atoms with Crippen LogP contribution in [0.25, 0.3) is 0 Å². The van der Waals surface area contributed by atoms with E-state index in [9.17, 15) is 13.5 Å². The van der Waals surface area contributed by atoms with E-state index in [4.69, 9.17) is 14.4 Å². The summed E-state index contributed by atoms with van der Waals surface area (Å²) >= 11 is 0. The summed E-state index contributed by atoms with van der Waals surface area (Å²) in [6.07, 6.45) is -0.240. The van der Waals surface area contributed by atoms with Crippen molar-refractivity contribution in [2.75, 3.05) is 18.9 Å². The van der Waals surface area contributed by atoms with E-state index < -0.39 is 28.6 Å². The Balaban J connectivity index is 2.22. The maximum absolute atomic E-state index is 10.5. The van der Waals surface area contributed by atoms with Crippen LogP contribution in [-0.2, 0) is 14.9 Å². The van der Waals surface area contributed by atoms with Gasteiger partial charge in [-0.05, 0) is 13.0 Å². The van der Waals surface area contributed by atoms with Crippen LogP contribution in [0.4, 0.5) is 0 Å². The lowest BCUT2D eigenvalue weighted by atomic mass is 10.0. The van der Waals surface area contributed by atoms with E-state index in [0.717, 1.165) is 0 Å². The highest BCUT2D eigenvalue weighted by molar-refractivity contribution is 7.85. The second kappa shape index (κ2) is 6.62. The fourth-order valence-electron chi connectivity index (χ4n) is 1.76. The highest BCUT2D eigenvalue weighted by Gasteiger charge is 2.27. The molecule has 3 unspecified atom stereocenters. The van der Waals surface area contributed by atoms with Gasteiger partial charge in [-0.2, -0.15) is 8.42 Å². The monoisotopic (exact) mass is 269 g/mol. The number of aliphatic hydroxyl groups excluding tert-OH is 2. The molecule has 0 aromatic carbocycles. The number of hydrogen-bond acceptors (Lipinski definition) is 6. The van der Waals surface area contributed by atoms with E-state index in [1.807, 2.05) is 0 Å². The van der Waals surface area contributed by atoms with Crippen LogP contribution in [0.3, 0.4) is 0 Å². The van der Waals surface area contributed by atoms with Crippen LogP contribution >= 0.6 is 0 Å². The van der Waals surface area contributed by atoms with Crippen LogP contribution in [-0.4, -0.2) is 60.5 Å². The van der Waals surface area contributed by atoms with Crippen molar-refractivity contribution in [1.29, 1.82) is 0 Å². The van der Waals surface area contributed by atoms with Crippen molar-refractivity contribution in [3.63, 3.8) is 0 Å². The van der Waals surface area contributed by atoms with Crippen LogP contribution in [0.1, 0.15) is 19.3 Å². The van der Waals surface area contributed by atoms with E-state index in [-0.39, 0.29) is 18.8 Å². The average Bonchev–Trinajstić information content (AvgIpc) is 2.22. The van der Waals surface area contributed by atoms with Gasteiger partial charge in [-0.25, -0.2) is 0 Å². The molecule has 102 valence electrons. The molecule has 7 nitrogen and oxygen atoms in total. The third-order valence-electron chi connectivity index (χ3n) is 2.53. The molecule has 0 spiro atoms. The van der Waals surface area contributed by atoms with Crippen LogP contribution in [0.15, 0.2) is 0 Å². The molecular formula is C9H19NO6S. The summed E-state index contributed by atoms with van der Waals surface area (Å²) < 4.78 is 34.8. The van der Waals surface area contributed by atoms with Crippen molar-refractivity contribution in [3.8, 4) is 0 Å². The summed E-state index contributed by atoms with van der Waals surface area (Å²) in [6.45, 7) is 0.204. The van der Waals surface area contributed by atoms with E-state index >= 15 is 0 Å². The summed E-state index contributed by atoms with van der Waals surface area (Å²) in [5, 5.41) is 21.3. The van der Waals surface area contributed by atoms with Gasteiger partial charge in [0.2, 0.25) is 0 Å². The number of aliphatic hydroxyl groups is 2. The lowest BCUT2D eigenvalue weighted by Crippen LogP contribution is -2.45. The average molecular weight is 269 g/mol. The van der Waals surface area contributed by atoms with Gasteiger partial charge in [0.05, 0.1) is 24.6 Å². The standard InChI is InChI=1S/C9H19NO6S/c11-6-8-4-7(12)5-9(16-8)10-2-1-3-17(13,14)15/h7-12H,1-6H2,(H,13,14,15). The molecule has 0 amide bonds. The zero-order valence-electron chi connectivity index (χ0n) is 9.45. The molecule has 1 aliphatic heterocycles. The van der Waals surface area contributed by atoms with Gasteiger partial charge in [0.1, 0.15) is 6.23 Å². The van der Waals surface area contributed by atoms with Crippen LogP contribution < -0.4 is 5.32 Å². The van der Waals surface area contributed by atoms with Crippen molar-refractivity contribution >= 4 is 10.1 Å². The first kappa shape index (κ1) is 14.8. The largest absolute Gasteiger partial charge is 0.394 e. The number of nitrogens with one attached hydrogen (secondary N) is 1. The highest BCUT2D eigenvalue weighted by atomic mass is 32.2. The van der Waals surface area contributed by atoms with Crippen molar-refractivity contribution in [2.45, 2.75) is 37.7 Å². The Morgan fingerprint density at radius 2 is 2.06 bits per heavy atom. The molecule has 1 aliphatic rings. The lowest BCUT2D eigenvalue weighted by molar-refractivity contribution is -0.122. The molecule has 0 aromatic rings. The van der Waals surface area contributed by atoms with Crippen molar-refractivity contribution < 1.29 is 27.9 Å². The SMILES string of the molecule is O=S(=O)(O)CCCNC1CC(O)CC(CO)O1. The van der Waals surface area contributed by atoms with Gasteiger partial charge in [-0.3, -0.25) is 9.87 Å². The Morgan fingerprint density at radius 1 is 1.35 bits per heavy atom. The van der Waals surface area contributed by atoms with Crippen molar-refractivity contribution in [3.05, 3.63) is 0 Å². The van der Waals surface area contributed by atoms with Gasteiger partial charge in [-0.1, -0.05) is 0 Å². The Hall–Kier alpha value is -0.250. The first-order valence-electron chi connectivity index (χ1n) is 5.53. The maximum atomic E-state index is 10.5. The maximum Gasteiger partial charge on any atom is 0.264 e. The molecule has 1 rings (SSSR count). The smallest absolute Gasteiger partial charge is 0.264 e. The summed E-state index contributed by atoms with van der Waals surface area (Å²) in [5.74, 6) is -0.307. The molecule has 1 heterocycles. The topological polar surface area (TPSA) is 116 Å². The van der Waals surface area contributed by atoms with Gasteiger partial charge in [-0.15, -0.1) is 0 Å². The Morgan fingerprint density at radius 3 is 2.65 bits per heavy atom. The Labute approximate surface area is 101 Å². The molecule has 0 bridgehead atoms. The summed E-state index contributed by atoms with van der Waals surface area (Å²) in [5.41, 5.74) is 0. The molecule has 0 aliphatic carbocycles. The molecule has 17 heavy (non-hydrogen) atoms. The molecule has 3 atom stereocenters. The fraction of sp³-hybridized carbons (Fsp3) is 1.00. The zero-order valence-corrected chi connectivity index (χ0v) is 10.3. The fourth-order valence-corrected chi connectivity index (χ4v) is 2.27. The van der Waals surface area contributed by atoms with Gasteiger partial charge in [0.25, 0.3) is 10.1 Å². The quantitative estimate of drug-likeness (QED) is 0.350. The summed E-state index contributed by atoms with van der Waals surface area (Å²) in [6, 6.07) is 0.